The molecule has 0 unspecified atom stereocenters. The molecule has 2 nitrogen and oxygen atoms in total. The second kappa shape index (κ2) is 11.5. The predicted molar refractivity (Wildman–Crippen MR) is 111 cm³/mol. The van der Waals surface area contributed by atoms with Gasteiger partial charge in [-0.05, 0) is 40.8 Å². The lowest BCUT2D eigenvalue weighted by Crippen LogP contribution is -2.16. The van der Waals surface area contributed by atoms with E-state index in [0.717, 1.165) is 37.2 Å². The molecule has 0 fully saturated rings. The lowest BCUT2D eigenvalue weighted by molar-refractivity contribution is 0.0238. The maximum absolute atomic E-state index is 5.95. The molecule has 0 heterocycles. The van der Waals surface area contributed by atoms with Crippen LogP contribution in [0.1, 0.15) is 42.0 Å². The first kappa shape index (κ1) is 20.2. The van der Waals surface area contributed by atoms with E-state index in [4.69, 9.17) is 9.47 Å². The molecule has 2 aromatic rings. The summed E-state index contributed by atoms with van der Waals surface area (Å²) in [6.45, 7) is 12.5. The van der Waals surface area contributed by atoms with Crippen LogP contribution in [0.25, 0.3) is 12.2 Å². The third-order valence-electron chi connectivity index (χ3n) is 4.31. The zero-order chi connectivity index (χ0) is 18.6. The molecule has 0 saturated heterocycles. The van der Waals surface area contributed by atoms with E-state index in [1.807, 2.05) is 36.4 Å². The average molecular weight is 351 g/mol. The molecule has 0 spiro atoms. The molecular weight excluding hydrogens is 320 g/mol. The molecule has 0 bridgehead atoms. The molecule has 2 aromatic carbocycles. The molecule has 0 atom stereocenters. The summed E-state index contributed by atoms with van der Waals surface area (Å²) in [6, 6.07) is 16.6. The molecule has 0 aromatic heterocycles. The van der Waals surface area contributed by atoms with Gasteiger partial charge in [-0.1, -0.05) is 75.1 Å². The Morgan fingerprint density at radius 2 is 1.35 bits per heavy atom. The summed E-state index contributed by atoms with van der Waals surface area (Å²) in [6.07, 6.45) is 5.96. The van der Waals surface area contributed by atoms with Crippen molar-refractivity contribution in [3.05, 3.63) is 83.9 Å². The van der Waals surface area contributed by atoms with E-state index in [1.165, 1.54) is 11.1 Å². The maximum atomic E-state index is 5.95. The Kier molecular flexibility index (Phi) is 8.88. The predicted octanol–water partition coefficient (Wildman–Crippen LogP) is 6.12. The van der Waals surface area contributed by atoms with Gasteiger partial charge in [-0.3, -0.25) is 0 Å². The fourth-order valence-corrected chi connectivity index (χ4v) is 2.93. The van der Waals surface area contributed by atoms with Crippen molar-refractivity contribution >= 4 is 12.2 Å². The van der Waals surface area contributed by atoms with Crippen LogP contribution in [-0.2, 0) is 22.7 Å². The Balaban J connectivity index is 1.76. The Bertz CT molecular complexity index is 633. The molecule has 0 aliphatic rings. The van der Waals surface area contributed by atoms with E-state index < -0.39 is 0 Å². The topological polar surface area (TPSA) is 18.5 Å². The summed E-state index contributed by atoms with van der Waals surface area (Å²) in [4.78, 5) is 0. The van der Waals surface area contributed by atoms with Gasteiger partial charge >= 0.3 is 0 Å². The first-order chi connectivity index (χ1) is 12.7. The van der Waals surface area contributed by atoms with Crippen molar-refractivity contribution in [1.82, 2.24) is 0 Å². The second-order valence-corrected chi connectivity index (χ2v) is 6.58. The third kappa shape index (κ3) is 6.99. The molecule has 0 amide bonds. The lowest BCUT2D eigenvalue weighted by atomic mass is 10.1. The molecule has 2 rings (SSSR count). The molecule has 2 heteroatoms. The summed E-state index contributed by atoms with van der Waals surface area (Å²) in [5.74, 6) is 0.421. The third-order valence-corrected chi connectivity index (χ3v) is 4.31. The van der Waals surface area contributed by atoms with Crippen LogP contribution in [0.4, 0.5) is 0 Å². The summed E-state index contributed by atoms with van der Waals surface area (Å²) >= 11 is 0. The van der Waals surface area contributed by atoms with Gasteiger partial charge in [0.1, 0.15) is 0 Å². The number of rotatable bonds is 12. The smallest absolute Gasteiger partial charge is 0.0717 e. The van der Waals surface area contributed by atoms with Crippen molar-refractivity contribution in [3.63, 3.8) is 0 Å². The van der Waals surface area contributed by atoms with Crippen LogP contribution in [-0.4, -0.2) is 13.2 Å². The van der Waals surface area contributed by atoms with E-state index in [2.05, 4.69) is 44.3 Å². The minimum Gasteiger partial charge on any atom is -0.376 e. The van der Waals surface area contributed by atoms with Crippen molar-refractivity contribution in [2.24, 2.45) is 5.92 Å². The SMILES string of the molecule is C=Cc1cccc(COCC(CCC)COCc2cccc(C=C)c2)c1. The fourth-order valence-electron chi connectivity index (χ4n) is 2.93. The molecule has 138 valence electrons. The van der Waals surface area contributed by atoms with Crippen LogP contribution in [0, 0.1) is 5.92 Å². The molecular formula is C24H30O2. The second-order valence-electron chi connectivity index (χ2n) is 6.58. The van der Waals surface area contributed by atoms with Crippen LogP contribution in [0.3, 0.4) is 0 Å². The Morgan fingerprint density at radius 1 is 0.846 bits per heavy atom. The Labute approximate surface area is 158 Å². The molecule has 0 aliphatic heterocycles. The highest BCUT2D eigenvalue weighted by atomic mass is 16.5. The van der Waals surface area contributed by atoms with Gasteiger partial charge in [-0.25, -0.2) is 0 Å². The Morgan fingerprint density at radius 3 is 1.77 bits per heavy atom. The van der Waals surface area contributed by atoms with Crippen LogP contribution in [0.5, 0.6) is 0 Å². The van der Waals surface area contributed by atoms with Crippen molar-refractivity contribution in [3.8, 4) is 0 Å². The minimum absolute atomic E-state index is 0.421. The molecule has 0 saturated carbocycles. The lowest BCUT2D eigenvalue weighted by Gasteiger charge is -2.17. The average Bonchev–Trinajstić information content (AvgIpc) is 2.68. The molecule has 0 radical (unpaired) electrons. The van der Waals surface area contributed by atoms with Gasteiger partial charge in [0.05, 0.1) is 26.4 Å². The highest BCUT2D eigenvalue weighted by Crippen LogP contribution is 2.13. The summed E-state index contributed by atoms with van der Waals surface area (Å²) in [5.41, 5.74) is 4.61. The molecule has 26 heavy (non-hydrogen) atoms. The monoisotopic (exact) mass is 350 g/mol. The van der Waals surface area contributed by atoms with E-state index in [9.17, 15) is 0 Å². The van der Waals surface area contributed by atoms with Gasteiger partial charge in [-0.2, -0.15) is 0 Å². The van der Waals surface area contributed by atoms with Gasteiger partial charge in [0.2, 0.25) is 0 Å². The number of benzene rings is 2. The highest BCUT2D eigenvalue weighted by molar-refractivity contribution is 5.48. The van der Waals surface area contributed by atoms with Gasteiger partial charge in [0.25, 0.3) is 0 Å². The number of hydrogen-bond acceptors (Lipinski definition) is 2. The first-order valence-electron chi connectivity index (χ1n) is 9.33. The van der Waals surface area contributed by atoms with Crippen molar-refractivity contribution in [2.45, 2.75) is 33.0 Å². The van der Waals surface area contributed by atoms with E-state index in [0.29, 0.717) is 19.1 Å². The summed E-state index contributed by atoms with van der Waals surface area (Å²) in [5, 5.41) is 0. The summed E-state index contributed by atoms with van der Waals surface area (Å²) in [7, 11) is 0. The van der Waals surface area contributed by atoms with Crippen molar-refractivity contribution < 1.29 is 9.47 Å². The van der Waals surface area contributed by atoms with Crippen LogP contribution >= 0.6 is 0 Å². The van der Waals surface area contributed by atoms with E-state index in [-0.39, 0.29) is 0 Å². The molecule has 0 aliphatic carbocycles. The van der Waals surface area contributed by atoms with Gasteiger partial charge in [0, 0.05) is 5.92 Å². The van der Waals surface area contributed by atoms with Crippen LogP contribution in [0.2, 0.25) is 0 Å². The maximum Gasteiger partial charge on any atom is 0.0717 e. The Hall–Kier alpha value is -2.16. The zero-order valence-corrected chi connectivity index (χ0v) is 15.8. The van der Waals surface area contributed by atoms with Gasteiger partial charge in [0.15, 0.2) is 0 Å². The first-order valence-corrected chi connectivity index (χ1v) is 9.33. The largest absolute Gasteiger partial charge is 0.376 e. The van der Waals surface area contributed by atoms with Gasteiger partial charge in [-0.15, -0.1) is 0 Å². The fraction of sp³-hybridized carbons (Fsp3) is 0.333. The van der Waals surface area contributed by atoms with E-state index in [1.54, 1.807) is 0 Å². The minimum atomic E-state index is 0.421. The van der Waals surface area contributed by atoms with Crippen LogP contribution in [0.15, 0.2) is 61.7 Å². The quantitative estimate of drug-likeness (QED) is 0.459. The van der Waals surface area contributed by atoms with Crippen molar-refractivity contribution in [1.29, 1.82) is 0 Å². The van der Waals surface area contributed by atoms with Crippen LogP contribution < -0.4 is 0 Å². The highest BCUT2D eigenvalue weighted by Gasteiger charge is 2.09. The standard InChI is InChI=1S/C24H30O2/c1-4-9-24(18-25-16-22-12-7-10-20(5-2)14-22)19-26-17-23-13-8-11-21(6-3)15-23/h5-8,10-15,24H,2-4,9,16-19H2,1H3. The number of ether oxygens (including phenoxy) is 2. The normalized spacial score (nSPS) is 10.8. The number of hydrogen-bond donors (Lipinski definition) is 0. The zero-order valence-electron chi connectivity index (χ0n) is 15.8. The van der Waals surface area contributed by atoms with Crippen molar-refractivity contribution in [2.75, 3.05) is 13.2 Å². The summed E-state index contributed by atoms with van der Waals surface area (Å²) < 4.78 is 11.9. The van der Waals surface area contributed by atoms with E-state index >= 15 is 0 Å². The van der Waals surface area contributed by atoms with Gasteiger partial charge < -0.3 is 9.47 Å². The molecule has 0 N–H and O–H groups in total.